The Balaban J connectivity index is 1.72. The number of hydrogen-bond acceptors (Lipinski definition) is 4. The Labute approximate surface area is 163 Å². The van der Waals surface area contributed by atoms with E-state index in [9.17, 15) is 9.18 Å². The number of amides is 1. The fraction of sp³-hybridized carbons (Fsp3) is 0.273. The van der Waals surface area contributed by atoms with Gasteiger partial charge >= 0.3 is 0 Å². The third-order valence-corrected chi connectivity index (χ3v) is 4.86. The normalized spacial score (nSPS) is 14.9. The number of fused-ring (bicyclic) bond motifs is 1. The molecule has 28 heavy (non-hydrogen) atoms. The molecule has 1 aromatic heterocycles. The third kappa shape index (κ3) is 4.18. The molecule has 1 aliphatic heterocycles. The first-order valence-electron chi connectivity index (χ1n) is 9.36. The Morgan fingerprint density at radius 2 is 1.89 bits per heavy atom. The zero-order valence-electron chi connectivity index (χ0n) is 15.7. The van der Waals surface area contributed by atoms with Crippen molar-refractivity contribution in [3.8, 4) is 11.3 Å². The number of carbonyl (C=O) groups excluding carboxylic acids is 1. The molecule has 144 valence electrons. The number of morpholine rings is 1. The van der Waals surface area contributed by atoms with Crippen LogP contribution in [0.2, 0.25) is 0 Å². The van der Waals surface area contributed by atoms with Crippen LogP contribution in [0.1, 0.15) is 12.5 Å². The van der Waals surface area contributed by atoms with Gasteiger partial charge < -0.3 is 10.1 Å². The molecule has 1 aliphatic rings. The molecule has 6 heteroatoms. The number of carbonyl (C=O) groups is 1. The summed E-state index contributed by atoms with van der Waals surface area (Å²) in [7, 11) is 0. The predicted octanol–water partition coefficient (Wildman–Crippen LogP) is 3.83. The second-order valence-electron chi connectivity index (χ2n) is 6.98. The third-order valence-electron chi connectivity index (χ3n) is 4.86. The summed E-state index contributed by atoms with van der Waals surface area (Å²) in [5.41, 5.74) is 4.20. The number of halogens is 1. The van der Waals surface area contributed by atoms with Crippen molar-refractivity contribution >= 4 is 22.5 Å². The van der Waals surface area contributed by atoms with Crippen LogP contribution >= 0.6 is 0 Å². The smallest absolute Gasteiger partial charge is 0.221 e. The molecule has 0 saturated carbocycles. The number of pyridine rings is 1. The van der Waals surface area contributed by atoms with Crippen molar-refractivity contribution in [1.29, 1.82) is 0 Å². The standard InChI is InChI=1S/C22H22FN3O2/c1-15(27)24-19-5-2-16(3-6-19)21-12-17(14-26-8-10-28-11-9-26)20-7-4-18(23)13-22(20)25-21/h2-7,12-13H,8-11,14H2,1H3,(H,24,27). The Morgan fingerprint density at radius 3 is 2.61 bits per heavy atom. The van der Waals surface area contributed by atoms with E-state index in [1.54, 1.807) is 6.07 Å². The highest BCUT2D eigenvalue weighted by atomic mass is 19.1. The summed E-state index contributed by atoms with van der Waals surface area (Å²) in [5.74, 6) is -0.407. The topological polar surface area (TPSA) is 54.5 Å². The molecule has 2 aromatic carbocycles. The van der Waals surface area contributed by atoms with Gasteiger partial charge in [0.05, 0.1) is 24.4 Å². The van der Waals surface area contributed by atoms with Crippen LogP contribution in [0.25, 0.3) is 22.2 Å². The van der Waals surface area contributed by atoms with Gasteiger partial charge in [-0.25, -0.2) is 9.37 Å². The minimum atomic E-state index is -0.296. The van der Waals surface area contributed by atoms with E-state index >= 15 is 0 Å². The molecule has 0 atom stereocenters. The molecular formula is C22H22FN3O2. The van der Waals surface area contributed by atoms with E-state index in [1.807, 2.05) is 24.3 Å². The molecule has 0 unspecified atom stereocenters. The number of nitrogens with one attached hydrogen (secondary N) is 1. The number of ether oxygens (including phenoxy) is 1. The zero-order chi connectivity index (χ0) is 19.5. The van der Waals surface area contributed by atoms with Crippen molar-refractivity contribution in [2.75, 3.05) is 31.6 Å². The van der Waals surface area contributed by atoms with Gasteiger partial charge in [0.2, 0.25) is 5.91 Å². The predicted molar refractivity (Wildman–Crippen MR) is 108 cm³/mol. The summed E-state index contributed by atoms with van der Waals surface area (Å²) >= 11 is 0. The first kappa shape index (κ1) is 18.5. The fourth-order valence-corrected chi connectivity index (χ4v) is 3.48. The van der Waals surface area contributed by atoms with E-state index in [1.165, 1.54) is 19.1 Å². The van der Waals surface area contributed by atoms with Crippen LogP contribution in [0.5, 0.6) is 0 Å². The van der Waals surface area contributed by atoms with Gasteiger partial charge in [-0.2, -0.15) is 0 Å². The fourth-order valence-electron chi connectivity index (χ4n) is 3.48. The Kier molecular flexibility index (Phi) is 5.32. The van der Waals surface area contributed by atoms with Crippen molar-refractivity contribution in [3.63, 3.8) is 0 Å². The molecule has 1 N–H and O–H groups in total. The molecule has 0 radical (unpaired) electrons. The quantitative estimate of drug-likeness (QED) is 0.749. The molecule has 1 fully saturated rings. The highest BCUT2D eigenvalue weighted by Crippen LogP contribution is 2.27. The van der Waals surface area contributed by atoms with Gasteiger partial charge in [-0.3, -0.25) is 9.69 Å². The van der Waals surface area contributed by atoms with Crippen LogP contribution in [0.4, 0.5) is 10.1 Å². The first-order valence-corrected chi connectivity index (χ1v) is 9.36. The number of nitrogens with zero attached hydrogens (tertiary/aromatic N) is 2. The van der Waals surface area contributed by atoms with Crippen molar-refractivity contribution in [2.45, 2.75) is 13.5 Å². The van der Waals surface area contributed by atoms with Crippen molar-refractivity contribution in [1.82, 2.24) is 9.88 Å². The van der Waals surface area contributed by atoms with E-state index < -0.39 is 0 Å². The number of anilines is 1. The molecule has 0 spiro atoms. The maximum atomic E-state index is 13.8. The molecule has 4 rings (SSSR count). The molecule has 1 amide bonds. The monoisotopic (exact) mass is 379 g/mol. The van der Waals surface area contributed by atoms with Crippen molar-refractivity contribution in [3.05, 3.63) is 59.9 Å². The van der Waals surface area contributed by atoms with E-state index in [4.69, 9.17) is 4.74 Å². The molecule has 5 nitrogen and oxygen atoms in total. The summed E-state index contributed by atoms with van der Waals surface area (Å²) in [6.07, 6.45) is 0. The van der Waals surface area contributed by atoms with Gasteiger partial charge in [-0.05, 0) is 35.9 Å². The number of hydrogen-bond donors (Lipinski definition) is 1. The molecule has 0 bridgehead atoms. The summed E-state index contributed by atoms with van der Waals surface area (Å²) in [4.78, 5) is 18.2. The van der Waals surface area contributed by atoms with Crippen LogP contribution in [0.3, 0.4) is 0 Å². The van der Waals surface area contributed by atoms with Gasteiger partial charge in [0.25, 0.3) is 0 Å². The van der Waals surface area contributed by atoms with Gasteiger partial charge in [0, 0.05) is 49.3 Å². The van der Waals surface area contributed by atoms with Gasteiger partial charge in [-0.15, -0.1) is 0 Å². The minimum absolute atomic E-state index is 0.111. The van der Waals surface area contributed by atoms with Gasteiger partial charge in [0.15, 0.2) is 0 Å². The summed E-state index contributed by atoms with van der Waals surface area (Å²) < 4.78 is 19.3. The van der Waals surface area contributed by atoms with Crippen LogP contribution in [0, 0.1) is 5.82 Å². The van der Waals surface area contributed by atoms with Crippen LogP contribution in [0.15, 0.2) is 48.5 Å². The average Bonchev–Trinajstić information content (AvgIpc) is 2.68. The molecule has 0 aliphatic carbocycles. The Morgan fingerprint density at radius 1 is 1.14 bits per heavy atom. The lowest BCUT2D eigenvalue weighted by Crippen LogP contribution is -2.35. The average molecular weight is 379 g/mol. The van der Waals surface area contributed by atoms with Crippen molar-refractivity contribution < 1.29 is 13.9 Å². The highest BCUT2D eigenvalue weighted by Gasteiger charge is 2.15. The van der Waals surface area contributed by atoms with Crippen molar-refractivity contribution in [2.24, 2.45) is 0 Å². The summed E-state index contributed by atoms with van der Waals surface area (Å²) in [5, 5.41) is 3.72. The summed E-state index contributed by atoms with van der Waals surface area (Å²) in [6, 6.07) is 14.3. The Hall–Kier alpha value is -2.83. The molecule has 1 saturated heterocycles. The maximum Gasteiger partial charge on any atom is 0.221 e. The van der Waals surface area contributed by atoms with E-state index in [0.717, 1.165) is 60.7 Å². The Bertz CT molecular complexity index is 999. The minimum Gasteiger partial charge on any atom is -0.379 e. The van der Waals surface area contributed by atoms with E-state index in [-0.39, 0.29) is 11.7 Å². The zero-order valence-corrected chi connectivity index (χ0v) is 15.7. The number of benzene rings is 2. The lowest BCUT2D eigenvalue weighted by molar-refractivity contribution is -0.114. The van der Waals surface area contributed by atoms with Crippen LogP contribution < -0.4 is 5.32 Å². The van der Waals surface area contributed by atoms with Crippen LogP contribution in [-0.4, -0.2) is 42.1 Å². The SMILES string of the molecule is CC(=O)Nc1ccc(-c2cc(CN3CCOCC3)c3ccc(F)cc3n2)cc1. The maximum absolute atomic E-state index is 13.8. The van der Waals surface area contributed by atoms with Gasteiger partial charge in [-0.1, -0.05) is 12.1 Å². The van der Waals surface area contributed by atoms with Gasteiger partial charge in [0.1, 0.15) is 5.82 Å². The van der Waals surface area contributed by atoms with Crippen LogP contribution in [-0.2, 0) is 16.1 Å². The lowest BCUT2D eigenvalue weighted by Gasteiger charge is -2.27. The first-order chi connectivity index (χ1) is 13.6. The van der Waals surface area contributed by atoms with E-state index in [2.05, 4.69) is 21.3 Å². The number of rotatable bonds is 4. The second kappa shape index (κ2) is 8.04. The molecular weight excluding hydrogens is 357 g/mol. The largest absolute Gasteiger partial charge is 0.379 e. The summed E-state index contributed by atoms with van der Waals surface area (Å²) in [6.45, 7) is 5.47. The van der Waals surface area contributed by atoms with E-state index in [0.29, 0.717) is 5.52 Å². The molecule has 3 aromatic rings. The lowest BCUT2D eigenvalue weighted by atomic mass is 10.0. The number of aromatic nitrogens is 1. The second-order valence-corrected chi connectivity index (χ2v) is 6.98. The molecule has 2 heterocycles. The highest BCUT2D eigenvalue weighted by molar-refractivity contribution is 5.89.